The molecule has 0 aliphatic rings. The Labute approximate surface area is 168 Å². The molecule has 144 valence electrons. The Kier molecular flexibility index (Phi) is 5.20. The van der Waals surface area contributed by atoms with Gasteiger partial charge in [-0.15, -0.1) is 0 Å². The van der Waals surface area contributed by atoms with Crippen LogP contribution in [0.3, 0.4) is 0 Å². The standard InChI is InChI=1S/C24H21N3O2/c1-17-11-13-18(14-12-17)15-25-22(28)16-27-21-10-6-5-9-20(21)23(26-24(27)29)19-7-3-2-4-8-19/h2-14H,15-16H2,1H3,(H,25,28). The van der Waals surface area contributed by atoms with Gasteiger partial charge in [0, 0.05) is 17.5 Å². The lowest BCUT2D eigenvalue weighted by Crippen LogP contribution is -2.33. The van der Waals surface area contributed by atoms with Crippen LogP contribution in [-0.2, 0) is 17.9 Å². The van der Waals surface area contributed by atoms with Gasteiger partial charge < -0.3 is 5.32 Å². The summed E-state index contributed by atoms with van der Waals surface area (Å²) in [6, 6.07) is 25.1. The first kappa shape index (κ1) is 18.6. The van der Waals surface area contributed by atoms with Crippen LogP contribution in [0, 0.1) is 6.92 Å². The van der Waals surface area contributed by atoms with Crippen LogP contribution in [0.25, 0.3) is 22.2 Å². The summed E-state index contributed by atoms with van der Waals surface area (Å²) in [5.41, 5.74) is 3.94. The number of hydrogen-bond acceptors (Lipinski definition) is 3. The minimum Gasteiger partial charge on any atom is -0.350 e. The summed E-state index contributed by atoms with van der Waals surface area (Å²) in [5.74, 6) is -0.230. The monoisotopic (exact) mass is 383 g/mol. The molecule has 5 heteroatoms. The second-order valence-corrected chi connectivity index (χ2v) is 6.97. The number of fused-ring (bicyclic) bond motifs is 1. The lowest BCUT2D eigenvalue weighted by molar-refractivity contribution is -0.121. The number of nitrogens with zero attached hydrogens (tertiary/aromatic N) is 2. The highest BCUT2D eigenvalue weighted by Crippen LogP contribution is 2.24. The maximum absolute atomic E-state index is 12.7. The second-order valence-electron chi connectivity index (χ2n) is 6.97. The number of para-hydroxylation sites is 1. The highest BCUT2D eigenvalue weighted by Gasteiger charge is 2.14. The average Bonchev–Trinajstić information content (AvgIpc) is 2.76. The van der Waals surface area contributed by atoms with Crippen molar-refractivity contribution in [3.05, 3.63) is 100 Å². The van der Waals surface area contributed by atoms with E-state index in [9.17, 15) is 9.59 Å². The summed E-state index contributed by atoms with van der Waals surface area (Å²) in [6.45, 7) is 2.36. The van der Waals surface area contributed by atoms with Crippen molar-refractivity contribution < 1.29 is 4.79 Å². The van der Waals surface area contributed by atoms with E-state index in [0.29, 0.717) is 17.8 Å². The number of aromatic nitrogens is 2. The molecule has 1 N–H and O–H groups in total. The molecule has 29 heavy (non-hydrogen) atoms. The molecule has 0 radical (unpaired) electrons. The number of nitrogens with one attached hydrogen (secondary N) is 1. The van der Waals surface area contributed by atoms with Crippen molar-refractivity contribution in [1.82, 2.24) is 14.9 Å². The molecule has 1 heterocycles. The first-order valence-electron chi connectivity index (χ1n) is 9.49. The highest BCUT2D eigenvalue weighted by molar-refractivity contribution is 5.93. The Balaban J connectivity index is 1.62. The molecule has 4 rings (SSSR count). The molecule has 0 spiro atoms. The van der Waals surface area contributed by atoms with E-state index in [1.807, 2.05) is 85.8 Å². The summed E-state index contributed by atoms with van der Waals surface area (Å²) in [5, 5.41) is 3.72. The second kappa shape index (κ2) is 8.10. The van der Waals surface area contributed by atoms with Crippen molar-refractivity contribution in [3.63, 3.8) is 0 Å². The lowest BCUT2D eigenvalue weighted by atomic mass is 10.1. The molecule has 0 aliphatic carbocycles. The van der Waals surface area contributed by atoms with Crippen LogP contribution in [-0.4, -0.2) is 15.5 Å². The molecular weight excluding hydrogens is 362 g/mol. The third kappa shape index (κ3) is 4.09. The summed E-state index contributed by atoms with van der Waals surface area (Å²) in [7, 11) is 0. The van der Waals surface area contributed by atoms with Crippen molar-refractivity contribution in [2.24, 2.45) is 0 Å². The maximum atomic E-state index is 12.7. The zero-order valence-corrected chi connectivity index (χ0v) is 16.1. The quantitative estimate of drug-likeness (QED) is 0.572. The van der Waals surface area contributed by atoms with Gasteiger partial charge in [-0.3, -0.25) is 9.36 Å². The van der Waals surface area contributed by atoms with E-state index in [2.05, 4.69) is 10.3 Å². The van der Waals surface area contributed by atoms with Gasteiger partial charge in [0.1, 0.15) is 6.54 Å². The van der Waals surface area contributed by atoms with Crippen LogP contribution in [0.2, 0.25) is 0 Å². The highest BCUT2D eigenvalue weighted by atomic mass is 16.2. The third-order valence-corrected chi connectivity index (χ3v) is 4.85. The fourth-order valence-electron chi connectivity index (χ4n) is 3.30. The number of carbonyl (C=O) groups excluding carboxylic acids is 1. The van der Waals surface area contributed by atoms with Crippen molar-refractivity contribution in [1.29, 1.82) is 0 Å². The zero-order valence-electron chi connectivity index (χ0n) is 16.1. The Bertz CT molecular complexity index is 1210. The number of rotatable bonds is 5. The van der Waals surface area contributed by atoms with Crippen LogP contribution in [0.15, 0.2) is 83.7 Å². The predicted molar refractivity (Wildman–Crippen MR) is 114 cm³/mol. The largest absolute Gasteiger partial charge is 0.350 e. The molecule has 0 bridgehead atoms. The summed E-state index contributed by atoms with van der Waals surface area (Å²) < 4.78 is 1.42. The molecule has 0 atom stereocenters. The van der Waals surface area contributed by atoms with Crippen LogP contribution in [0.5, 0.6) is 0 Å². The molecule has 0 aliphatic heterocycles. The van der Waals surface area contributed by atoms with Gasteiger partial charge in [0.15, 0.2) is 0 Å². The average molecular weight is 383 g/mol. The SMILES string of the molecule is Cc1ccc(CNC(=O)Cn2c(=O)nc(-c3ccccc3)c3ccccc32)cc1. The van der Waals surface area contributed by atoms with Gasteiger partial charge in [0.2, 0.25) is 5.91 Å². The fraction of sp³-hybridized carbons (Fsp3) is 0.125. The Morgan fingerprint density at radius 3 is 2.38 bits per heavy atom. The molecule has 1 aromatic heterocycles. The predicted octanol–water partition coefficient (Wildman–Crippen LogP) is 3.69. The van der Waals surface area contributed by atoms with E-state index in [-0.39, 0.29) is 12.5 Å². The van der Waals surface area contributed by atoms with Crippen molar-refractivity contribution in [2.75, 3.05) is 0 Å². The minimum absolute atomic E-state index is 0.0761. The van der Waals surface area contributed by atoms with Gasteiger partial charge >= 0.3 is 5.69 Å². The van der Waals surface area contributed by atoms with E-state index >= 15 is 0 Å². The topological polar surface area (TPSA) is 64.0 Å². The van der Waals surface area contributed by atoms with Gasteiger partial charge in [0.25, 0.3) is 0 Å². The number of hydrogen-bond donors (Lipinski definition) is 1. The van der Waals surface area contributed by atoms with E-state index in [1.165, 1.54) is 10.1 Å². The zero-order chi connectivity index (χ0) is 20.2. The van der Waals surface area contributed by atoms with E-state index in [4.69, 9.17) is 0 Å². The summed E-state index contributed by atoms with van der Waals surface area (Å²) in [6.07, 6.45) is 0. The molecule has 0 fully saturated rings. The number of aryl methyl sites for hydroxylation is 1. The van der Waals surface area contributed by atoms with Crippen molar-refractivity contribution >= 4 is 16.8 Å². The molecule has 4 aromatic rings. The van der Waals surface area contributed by atoms with Gasteiger partial charge in [-0.25, -0.2) is 4.79 Å². The van der Waals surface area contributed by atoms with Gasteiger partial charge in [-0.1, -0.05) is 78.4 Å². The normalized spacial score (nSPS) is 10.8. The molecule has 0 saturated heterocycles. The minimum atomic E-state index is -0.437. The van der Waals surface area contributed by atoms with Crippen LogP contribution in [0.4, 0.5) is 0 Å². The third-order valence-electron chi connectivity index (χ3n) is 4.85. The summed E-state index contributed by atoms with van der Waals surface area (Å²) >= 11 is 0. The molecule has 3 aromatic carbocycles. The van der Waals surface area contributed by atoms with E-state index in [1.54, 1.807) is 0 Å². The van der Waals surface area contributed by atoms with Crippen LogP contribution >= 0.6 is 0 Å². The molecule has 0 saturated carbocycles. The smallest absolute Gasteiger partial charge is 0.349 e. The number of carbonyl (C=O) groups is 1. The van der Waals surface area contributed by atoms with Gasteiger partial charge in [-0.2, -0.15) is 4.98 Å². The molecule has 5 nitrogen and oxygen atoms in total. The molecular formula is C24H21N3O2. The van der Waals surface area contributed by atoms with Gasteiger partial charge in [0.05, 0.1) is 11.2 Å². The Morgan fingerprint density at radius 1 is 0.931 bits per heavy atom. The lowest BCUT2D eigenvalue weighted by Gasteiger charge is -2.13. The Hall–Kier alpha value is -3.73. The number of amides is 1. The first-order chi connectivity index (χ1) is 14.1. The van der Waals surface area contributed by atoms with E-state index in [0.717, 1.165) is 16.5 Å². The van der Waals surface area contributed by atoms with Crippen molar-refractivity contribution in [2.45, 2.75) is 20.0 Å². The fourth-order valence-corrected chi connectivity index (χ4v) is 3.30. The van der Waals surface area contributed by atoms with E-state index < -0.39 is 5.69 Å². The number of benzene rings is 3. The summed E-state index contributed by atoms with van der Waals surface area (Å²) in [4.78, 5) is 29.5. The van der Waals surface area contributed by atoms with Crippen molar-refractivity contribution in [3.8, 4) is 11.3 Å². The first-order valence-corrected chi connectivity index (χ1v) is 9.49. The molecule has 1 amide bonds. The maximum Gasteiger partial charge on any atom is 0.349 e. The van der Waals surface area contributed by atoms with Crippen LogP contribution in [0.1, 0.15) is 11.1 Å². The van der Waals surface area contributed by atoms with Gasteiger partial charge in [-0.05, 0) is 18.6 Å². The molecule has 0 unspecified atom stereocenters. The Morgan fingerprint density at radius 2 is 1.62 bits per heavy atom. The van der Waals surface area contributed by atoms with Crippen LogP contribution < -0.4 is 11.0 Å².